The highest BCUT2D eigenvalue weighted by Crippen LogP contribution is 2.28. The number of pyridine rings is 1. The van der Waals surface area contributed by atoms with Gasteiger partial charge in [-0.15, -0.1) is 0 Å². The van der Waals surface area contributed by atoms with Crippen LogP contribution < -0.4 is 10.6 Å². The Bertz CT molecular complexity index is 363. The summed E-state index contributed by atoms with van der Waals surface area (Å²) in [5.41, 5.74) is 6.93. The molecule has 0 aliphatic carbocycles. The van der Waals surface area contributed by atoms with Gasteiger partial charge in [0, 0.05) is 35.8 Å². The lowest BCUT2D eigenvalue weighted by molar-refractivity contribution is 0.620. The van der Waals surface area contributed by atoms with Crippen LogP contribution in [0.3, 0.4) is 0 Å². The average molecular weight is 251 g/mol. The van der Waals surface area contributed by atoms with Gasteiger partial charge >= 0.3 is 0 Å². The Labute approximate surface area is 108 Å². The molecule has 3 unspecified atom stereocenters. The minimum atomic E-state index is 0.0600. The van der Waals surface area contributed by atoms with Crippen LogP contribution in [0.15, 0.2) is 18.3 Å². The largest absolute Gasteiger partial charge is 0.352 e. The zero-order chi connectivity index (χ0) is 12.4. The Morgan fingerprint density at radius 3 is 2.82 bits per heavy atom. The average Bonchev–Trinajstić information content (AvgIpc) is 2.33. The summed E-state index contributed by atoms with van der Waals surface area (Å²) < 4.78 is 0. The number of hydrogen-bond donors (Lipinski definition) is 1. The zero-order valence-corrected chi connectivity index (χ0v) is 11.6. The molecule has 0 amide bonds. The third kappa shape index (κ3) is 2.75. The van der Waals surface area contributed by atoms with Crippen molar-refractivity contribution >= 4 is 17.6 Å². The summed E-state index contributed by atoms with van der Waals surface area (Å²) in [7, 11) is 0. The lowest BCUT2D eigenvalue weighted by Crippen LogP contribution is -2.45. The minimum absolute atomic E-state index is 0.0600. The van der Waals surface area contributed by atoms with Crippen molar-refractivity contribution in [3.8, 4) is 0 Å². The molecule has 17 heavy (non-hydrogen) atoms. The van der Waals surface area contributed by atoms with Crippen molar-refractivity contribution in [2.24, 2.45) is 5.73 Å². The lowest BCUT2D eigenvalue weighted by atomic mass is 10.1. The fraction of sp³-hybridized carbons (Fsp3) is 0.615. The van der Waals surface area contributed by atoms with Gasteiger partial charge in [0.05, 0.1) is 0 Å². The summed E-state index contributed by atoms with van der Waals surface area (Å²) in [5, 5.41) is 0.665. The Morgan fingerprint density at radius 2 is 2.24 bits per heavy atom. The molecule has 2 N–H and O–H groups in total. The van der Waals surface area contributed by atoms with E-state index in [1.807, 2.05) is 24.9 Å². The first-order chi connectivity index (χ1) is 8.09. The van der Waals surface area contributed by atoms with E-state index in [-0.39, 0.29) is 6.04 Å². The molecule has 2 heterocycles. The van der Waals surface area contributed by atoms with Crippen LogP contribution in [0.4, 0.5) is 5.82 Å². The van der Waals surface area contributed by atoms with Crippen molar-refractivity contribution in [2.45, 2.75) is 38.1 Å². The van der Waals surface area contributed by atoms with E-state index < -0.39 is 0 Å². The third-order valence-corrected chi connectivity index (χ3v) is 4.81. The Kier molecular flexibility index (Phi) is 3.94. The molecule has 0 spiro atoms. The highest BCUT2D eigenvalue weighted by molar-refractivity contribution is 8.00. The topological polar surface area (TPSA) is 42.1 Å². The fourth-order valence-corrected chi connectivity index (χ4v) is 3.19. The summed E-state index contributed by atoms with van der Waals surface area (Å²) >= 11 is 2.04. The molecule has 3 atom stereocenters. The highest BCUT2D eigenvalue weighted by Gasteiger charge is 2.25. The van der Waals surface area contributed by atoms with Gasteiger partial charge in [0.15, 0.2) is 0 Å². The van der Waals surface area contributed by atoms with Crippen molar-refractivity contribution in [2.75, 3.05) is 17.2 Å². The fourth-order valence-electron chi connectivity index (χ4n) is 2.09. The monoisotopic (exact) mass is 251 g/mol. The van der Waals surface area contributed by atoms with Crippen molar-refractivity contribution in [1.82, 2.24) is 4.98 Å². The van der Waals surface area contributed by atoms with Crippen LogP contribution in [-0.2, 0) is 0 Å². The normalized spacial score (nSPS) is 26.9. The van der Waals surface area contributed by atoms with Crippen molar-refractivity contribution < 1.29 is 0 Å². The molecule has 1 aromatic rings. The minimum Gasteiger partial charge on any atom is -0.352 e. The lowest BCUT2D eigenvalue weighted by Gasteiger charge is -2.38. The Hall–Kier alpha value is -0.740. The van der Waals surface area contributed by atoms with E-state index in [0.717, 1.165) is 17.9 Å². The first-order valence-electron chi connectivity index (χ1n) is 6.19. The molecule has 0 radical (unpaired) electrons. The second-order valence-electron chi connectivity index (χ2n) is 4.75. The molecule has 94 valence electrons. The van der Waals surface area contributed by atoms with E-state index in [4.69, 9.17) is 5.73 Å². The predicted molar refractivity (Wildman–Crippen MR) is 75.6 cm³/mol. The number of nitrogens with zero attached hydrogens (tertiary/aromatic N) is 2. The maximum Gasteiger partial charge on any atom is 0.128 e. The van der Waals surface area contributed by atoms with Crippen LogP contribution >= 0.6 is 11.8 Å². The van der Waals surface area contributed by atoms with Gasteiger partial charge in [0.1, 0.15) is 5.82 Å². The predicted octanol–water partition coefficient (Wildman–Crippen LogP) is 2.43. The van der Waals surface area contributed by atoms with Gasteiger partial charge in [0.2, 0.25) is 0 Å². The standard InChI is InChI=1S/C13H21N3S/c1-9(14)12-4-5-13(15-8-12)16-6-7-17-11(3)10(16)2/h4-5,8-11H,6-7,14H2,1-3H3. The van der Waals surface area contributed by atoms with E-state index in [1.54, 1.807) is 0 Å². The number of rotatable bonds is 2. The van der Waals surface area contributed by atoms with Gasteiger partial charge in [-0.25, -0.2) is 4.98 Å². The number of thioether (sulfide) groups is 1. The summed E-state index contributed by atoms with van der Waals surface area (Å²) in [5.74, 6) is 2.26. The Balaban J connectivity index is 2.16. The maximum absolute atomic E-state index is 5.83. The summed E-state index contributed by atoms with van der Waals surface area (Å²) in [6.45, 7) is 7.63. The first kappa shape index (κ1) is 12.7. The second-order valence-corrected chi connectivity index (χ2v) is 6.23. The van der Waals surface area contributed by atoms with E-state index in [9.17, 15) is 0 Å². The van der Waals surface area contributed by atoms with E-state index in [2.05, 4.69) is 35.9 Å². The Morgan fingerprint density at radius 1 is 1.47 bits per heavy atom. The van der Waals surface area contributed by atoms with Crippen LogP contribution in [0.5, 0.6) is 0 Å². The van der Waals surface area contributed by atoms with Crippen LogP contribution in [0.2, 0.25) is 0 Å². The number of nitrogens with two attached hydrogens (primary N) is 1. The van der Waals surface area contributed by atoms with Gasteiger partial charge in [0.25, 0.3) is 0 Å². The van der Waals surface area contributed by atoms with Gasteiger partial charge in [-0.05, 0) is 25.5 Å². The van der Waals surface area contributed by atoms with Crippen LogP contribution in [0.1, 0.15) is 32.4 Å². The molecule has 1 aromatic heterocycles. The molecular weight excluding hydrogens is 230 g/mol. The number of hydrogen-bond acceptors (Lipinski definition) is 4. The molecule has 1 saturated heterocycles. The molecule has 1 aliphatic heterocycles. The smallest absolute Gasteiger partial charge is 0.128 e. The van der Waals surface area contributed by atoms with Crippen LogP contribution in [-0.4, -0.2) is 28.6 Å². The second kappa shape index (κ2) is 5.27. The quantitative estimate of drug-likeness (QED) is 0.876. The van der Waals surface area contributed by atoms with E-state index in [0.29, 0.717) is 11.3 Å². The van der Waals surface area contributed by atoms with E-state index >= 15 is 0 Å². The van der Waals surface area contributed by atoms with Gasteiger partial charge < -0.3 is 10.6 Å². The zero-order valence-electron chi connectivity index (χ0n) is 10.8. The molecule has 1 aliphatic rings. The van der Waals surface area contributed by atoms with Crippen LogP contribution in [0.25, 0.3) is 0 Å². The summed E-state index contributed by atoms with van der Waals surface area (Å²) in [6.07, 6.45) is 1.90. The number of anilines is 1. The number of aromatic nitrogens is 1. The maximum atomic E-state index is 5.83. The molecular formula is C13H21N3S. The molecule has 1 fully saturated rings. The molecule has 0 bridgehead atoms. The van der Waals surface area contributed by atoms with Gasteiger partial charge in [-0.3, -0.25) is 0 Å². The molecule has 3 nitrogen and oxygen atoms in total. The van der Waals surface area contributed by atoms with Gasteiger partial charge in [-0.1, -0.05) is 13.0 Å². The van der Waals surface area contributed by atoms with Gasteiger partial charge in [-0.2, -0.15) is 11.8 Å². The van der Waals surface area contributed by atoms with Crippen molar-refractivity contribution in [3.63, 3.8) is 0 Å². The van der Waals surface area contributed by atoms with Crippen molar-refractivity contribution in [1.29, 1.82) is 0 Å². The first-order valence-corrected chi connectivity index (χ1v) is 7.24. The third-order valence-electron chi connectivity index (χ3n) is 3.47. The van der Waals surface area contributed by atoms with Crippen LogP contribution in [0, 0.1) is 0 Å². The molecule has 0 saturated carbocycles. The molecule has 0 aromatic carbocycles. The summed E-state index contributed by atoms with van der Waals surface area (Å²) in [6, 6.07) is 4.79. The SMILES string of the molecule is CC(N)c1ccc(N2CCSC(C)C2C)nc1. The van der Waals surface area contributed by atoms with Crippen molar-refractivity contribution in [3.05, 3.63) is 23.9 Å². The summed E-state index contributed by atoms with van der Waals surface area (Å²) in [4.78, 5) is 6.94. The molecule has 2 rings (SSSR count). The molecule has 4 heteroatoms. The highest BCUT2D eigenvalue weighted by atomic mass is 32.2. The van der Waals surface area contributed by atoms with E-state index in [1.165, 1.54) is 5.75 Å².